The van der Waals surface area contributed by atoms with E-state index >= 15 is 0 Å². The molecule has 2 rings (SSSR count). The third-order valence-corrected chi connectivity index (χ3v) is 4.72. The van der Waals surface area contributed by atoms with Gasteiger partial charge in [-0.05, 0) is 45.7 Å². The number of carbonyl (C=O) groups excluding carboxylic acids is 1. The van der Waals surface area contributed by atoms with E-state index in [0.29, 0.717) is 12.5 Å². The Morgan fingerprint density at radius 1 is 1.32 bits per heavy atom. The van der Waals surface area contributed by atoms with Crippen molar-refractivity contribution in [1.29, 1.82) is 0 Å². The summed E-state index contributed by atoms with van der Waals surface area (Å²) in [7, 11) is 0. The molecule has 0 unspecified atom stereocenters. The highest BCUT2D eigenvalue weighted by molar-refractivity contribution is 14.1. The van der Waals surface area contributed by atoms with Crippen molar-refractivity contribution in [2.24, 2.45) is 0 Å². The molecule has 0 saturated heterocycles. The zero-order valence-electron chi connectivity index (χ0n) is 10.9. The average Bonchev–Trinajstić information content (AvgIpc) is 2.83. The van der Waals surface area contributed by atoms with Gasteiger partial charge in [-0.3, -0.25) is 4.79 Å². The van der Waals surface area contributed by atoms with E-state index in [0.717, 1.165) is 14.0 Å². The Labute approximate surface area is 131 Å². The first-order valence-corrected chi connectivity index (χ1v) is 8.13. The molecule has 2 nitrogen and oxygen atoms in total. The van der Waals surface area contributed by atoms with Crippen molar-refractivity contribution in [2.75, 3.05) is 0 Å². The largest absolute Gasteiger partial charge is 0.348 e. The molecule has 0 aliphatic rings. The Morgan fingerprint density at radius 3 is 2.53 bits per heavy atom. The van der Waals surface area contributed by atoms with Crippen LogP contribution in [0.5, 0.6) is 0 Å². The summed E-state index contributed by atoms with van der Waals surface area (Å²) >= 11 is 3.81. The van der Waals surface area contributed by atoms with Gasteiger partial charge in [0, 0.05) is 11.9 Å². The number of hydrogen-bond acceptors (Lipinski definition) is 2. The number of halogens is 1. The highest BCUT2D eigenvalue weighted by Crippen LogP contribution is 2.17. The van der Waals surface area contributed by atoms with Gasteiger partial charge >= 0.3 is 0 Å². The topological polar surface area (TPSA) is 29.1 Å². The summed E-state index contributed by atoms with van der Waals surface area (Å²) < 4.78 is 1.13. The predicted molar refractivity (Wildman–Crippen MR) is 88.7 cm³/mol. The Bertz CT molecular complexity index is 560. The molecule has 1 aromatic carbocycles. The lowest BCUT2D eigenvalue weighted by molar-refractivity contribution is 0.0951. The van der Waals surface area contributed by atoms with Gasteiger partial charge in [-0.25, -0.2) is 0 Å². The van der Waals surface area contributed by atoms with Gasteiger partial charge in [-0.15, -0.1) is 11.3 Å². The Balaban J connectivity index is 1.93. The number of hydrogen-bond donors (Lipinski definition) is 1. The molecule has 0 bridgehead atoms. The molecule has 1 amide bonds. The van der Waals surface area contributed by atoms with Crippen LogP contribution in [0.4, 0.5) is 0 Å². The molecular weight excluding hydrogens is 369 g/mol. The SMILES string of the molecule is CC(C)c1ccc(CNC(=O)c2csc(I)c2)cc1. The van der Waals surface area contributed by atoms with E-state index in [1.54, 1.807) is 11.3 Å². The van der Waals surface area contributed by atoms with E-state index in [9.17, 15) is 4.79 Å². The van der Waals surface area contributed by atoms with Crippen molar-refractivity contribution in [3.05, 3.63) is 55.3 Å². The summed E-state index contributed by atoms with van der Waals surface area (Å²) in [5, 5.41) is 4.83. The smallest absolute Gasteiger partial charge is 0.252 e. The van der Waals surface area contributed by atoms with Gasteiger partial charge in [0.1, 0.15) is 0 Å². The number of nitrogens with one attached hydrogen (secondary N) is 1. The maximum Gasteiger partial charge on any atom is 0.252 e. The Hall–Kier alpha value is -0.880. The minimum atomic E-state index is -0.00731. The maximum absolute atomic E-state index is 11.9. The van der Waals surface area contributed by atoms with E-state index in [2.05, 4.69) is 66.0 Å². The number of amides is 1. The lowest BCUT2D eigenvalue weighted by atomic mass is 10.0. The van der Waals surface area contributed by atoms with Crippen LogP contribution in [0.3, 0.4) is 0 Å². The first-order valence-electron chi connectivity index (χ1n) is 6.17. The molecule has 0 aliphatic carbocycles. The zero-order valence-corrected chi connectivity index (χ0v) is 13.9. The summed E-state index contributed by atoms with van der Waals surface area (Å²) in [5.41, 5.74) is 3.19. The van der Waals surface area contributed by atoms with Crippen LogP contribution in [0.1, 0.15) is 41.3 Å². The molecule has 0 aliphatic heterocycles. The van der Waals surface area contributed by atoms with Crippen LogP contribution in [-0.4, -0.2) is 5.91 Å². The van der Waals surface area contributed by atoms with Crippen molar-refractivity contribution < 1.29 is 4.79 Å². The van der Waals surface area contributed by atoms with Gasteiger partial charge in [-0.2, -0.15) is 0 Å². The van der Waals surface area contributed by atoms with E-state index in [1.807, 2.05) is 11.4 Å². The van der Waals surface area contributed by atoms with Gasteiger partial charge in [-0.1, -0.05) is 38.1 Å². The van der Waals surface area contributed by atoms with Crippen LogP contribution < -0.4 is 5.32 Å². The highest BCUT2D eigenvalue weighted by atomic mass is 127. The fourth-order valence-corrected chi connectivity index (χ4v) is 3.06. The lowest BCUT2D eigenvalue weighted by Crippen LogP contribution is -2.22. The van der Waals surface area contributed by atoms with Crippen LogP contribution in [0.2, 0.25) is 0 Å². The standard InChI is InChI=1S/C15H16INOS/c1-10(2)12-5-3-11(4-6-12)8-17-15(18)13-7-14(16)19-9-13/h3-7,9-10H,8H2,1-2H3,(H,17,18). The van der Waals surface area contributed by atoms with Gasteiger partial charge in [0.05, 0.1) is 8.45 Å². The third-order valence-electron chi connectivity index (χ3n) is 2.93. The number of benzene rings is 1. The first kappa shape index (κ1) is 14.5. The Kier molecular flexibility index (Phi) is 4.99. The molecule has 0 atom stereocenters. The fourth-order valence-electron chi connectivity index (χ4n) is 1.73. The first-order chi connectivity index (χ1) is 9.06. The van der Waals surface area contributed by atoms with Gasteiger partial charge in [0.25, 0.3) is 5.91 Å². The second kappa shape index (κ2) is 6.52. The zero-order chi connectivity index (χ0) is 13.8. The number of thiophene rings is 1. The molecule has 0 spiro atoms. The third kappa shape index (κ3) is 4.04. The molecular formula is C15H16INOS. The lowest BCUT2D eigenvalue weighted by Gasteiger charge is -2.07. The van der Waals surface area contributed by atoms with Crippen molar-refractivity contribution >= 4 is 39.8 Å². The molecule has 100 valence electrons. The summed E-state index contributed by atoms with van der Waals surface area (Å²) in [6.45, 7) is 4.92. The molecule has 1 heterocycles. The molecule has 0 fully saturated rings. The van der Waals surface area contributed by atoms with Crippen LogP contribution >= 0.6 is 33.9 Å². The minimum Gasteiger partial charge on any atom is -0.348 e. The average molecular weight is 385 g/mol. The van der Waals surface area contributed by atoms with Crippen LogP contribution in [0.15, 0.2) is 35.7 Å². The van der Waals surface area contributed by atoms with E-state index in [4.69, 9.17) is 0 Å². The Morgan fingerprint density at radius 2 is 2.00 bits per heavy atom. The monoisotopic (exact) mass is 385 g/mol. The summed E-state index contributed by atoms with van der Waals surface area (Å²) in [5.74, 6) is 0.531. The van der Waals surface area contributed by atoms with Gasteiger partial charge < -0.3 is 5.32 Å². The fraction of sp³-hybridized carbons (Fsp3) is 0.267. The molecule has 2 aromatic rings. The van der Waals surface area contributed by atoms with Crippen LogP contribution in [-0.2, 0) is 6.54 Å². The summed E-state index contributed by atoms with van der Waals surface area (Å²) in [6.07, 6.45) is 0. The number of carbonyl (C=O) groups is 1. The van der Waals surface area contributed by atoms with Crippen molar-refractivity contribution in [1.82, 2.24) is 5.32 Å². The number of rotatable bonds is 4. The van der Waals surface area contributed by atoms with Gasteiger partial charge in [0.2, 0.25) is 0 Å². The van der Waals surface area contributed by atoms with Gasteiger partial charge in [0.15, 0.2) is 0 Å². The van der Waals surface area contributed by atoms with Crippen molar-refractivity contribution in [3.8, 4) is 0 Å². The molecule has 19 heavy (non-hydrogen) atoms. The van der Waals surface area contributed by atoms with Crippen molar-refractivity contribution in [3.63, 3.8) is 0 Å². The second-order valence-electron chi connectivity index (χ2n) is 4.72. The molecule has 1 aromatic heterocycles. The minimum absolute atomic E-state index is 0.00731. The van der Waals surface area contributed by atoms with Crippen molar-refractivity contribution in [2.45, 2.75) is 26.3 Å². The highest BCUT2D eigenvalue weighted by Gasteiger charge is 2.07. The second-order valence-corrected chi connectivity index (χ2v) is 7.52. The summed E-state index contributed by atoms with van der Waals surface area (Å²) in [6, 6.07) is 10.3. The quantitative estimate of drug-likeness (QED) is 0.777. The molecule has 4 heteroatoms. The van der Waals surface area contributed by atoms with E-state index in [1.165, 1.54) is 5.56 Å². The van der Waals surface area contributed by atoms with E-state index in [-0.39, 0.29) is 5.91 Å². The van der Waals surface area contributed by atoms with Crippen LogP contribution in [0, 0.1) is 2.88 Å². The summed E-state index contributed by atoms with van der Waals surface area (Å²) in [4.78, 5) is 11.9. The predicted octanol–water partition coefficient (Wildman–Crippen LogP) is 4.41. The normalized spacial score (nSPS) is 10.7. The van der Waals surface area contributed by atoms with E-state index < -0.39 is 0 Å². The molecule has 0 saturated carbocycles. The molecule has 1 N–H and O–H groups in total. The molecule has 0 radical (unpaired) electrons. The maximum atomic E-state index is 11.9. The van der Waals surface area contributed by atoms with Crippen LogP contribution in [0.25, 0.3) is 0 Å².